The van der Waals surface area contributed by atoms with E-state index in [-0.39, 0.29) is 24.3 Å². The molecule has 2 rings (SSSR count). The van der Waals surface area contributed by atoms with Crippen LogP contribution in [-0.4, -0.2) is 36.1 Å². The molecule has 1 aromatic carbocycles. The molecule has 6 heteroatoms. The fourth-order valence-corrected chi connectivity index (χ4v) is 2.51. The highest BCUT2D eigenvalue weighted by Gasteiger charge is 2.23. The zero-order valence-electron chi connectivity index (χ0n) is 12.8. The Labute approximate surface area is 135 Å². The van der Waals surface area contributed by atoms with Crippen LogP contribution < -0.4 is 10.2 Å². The molecule has 1 aromatic rings. The minimum Gasteiger partial charge on any atom is -0.391 e. The van der Waals surface area contributed by atoms with Crippen LogP contribution in [0.1, 0.15) is 37.0 Å². The lowest BCUT2D eigenvalue weighted by atomic mass is 10.1. The molecule has 0 saturated carbocycles. The number of aliphatic hydroxyl groups is 1. The summed E-state index contributed by atoms with van der Waals surface area (Å²) < 4.78 is 0. The topological polar surface area (TPSA) is 69.6 Å². The van der Waals surface area contributed by atoms with Crippen LogP contribution in [0.25, 0.3) is 0 Å². The average Bonchev–Trinajstić information content (AvgIpc) is 2.91. The summed E-state index contributed by atoms with van der Waals surface area (Å²) in [6, 6.07) is 4.99. The molecule has 1 aliphatic rings. The molecule has 1 atom stereocenters. The van der Waals surface area contributed by atoms with E-state index >= 15 is 0 Å². The average molecular weight is 325 g/mol. The number of halogens is 1. The van der Waals surface area contributed by atoms with Crippen LogP contribution in [0.15, 0.2) is 18.2 Å². The summed E-state index contributed by atoms with van der Waals surface area (Å²) in [6.45, 7) is 4.58. The van der Waals surface area contributed by atoms with Crippen molar-refractivity contribution in [2.45, 2.75) is 32.8 Å². The SMILES string of the molecule is CC(C)C(O)CNC(=O)c1cc(N2CCCC2=O)ccc1Cl. The lowest BCUT2D eigenvalue weighted by Gasteiger charge is -2.18. The van der Waals surface area contributed by atoms with E-state index < -0.39 is 6.10 Å². The van der Waals surface area contributed by atoms with E-state index in [1.807, 2.05) is 13.8 Å². The molecule has 1 heterocycles. The Balaban J connectivity index is 2.12. The number of aliphatic hydroxyl groups excluding tert-OH is 1. The van der Waals surface area contributed by atoms with Gasteiger partial charge in [-0.1, -0.05) is 25.4 Å². The van der Waals surface area contributed by atoms with Gasteiger partial charge in [0.1, 0.15) is 0 Å². The highest BCUT2D eigenvalue weighted by Crippen LogP contribution is 2.26. The predicted octanol–water partition coefficient (Wildman–Crippen LogP) is 2.21. The van der Waals surface area contributed by atoms with Crippen LogP contribution in [0.3, 0.4) is 0 Å². The third-order valence-corrected chi connectivity index (χ3v) is 4.15. The van der Waals surface area contributed by atoms with E-state index in [4.69, 9.17) is 11.6 Å². The molecular weight excluding hydrogens is 304 g/mol. The molecule has 0 bridgehead atoms. The van der Waals surface area contributed by atoms with Crippen LogP contribution in [0.4, 0.5) is 5.69 Å². The van der Waals surface area contributed by atoms with Crippen LogP contribution in [0, 0.1) is 5.92 Å². The van der Waals surface area contributed by atoms with E-state index in [9.17, 15) is 14.7 Å². The van der Waals surface area contributed by atoms with Crippen molar-refractivity contribution in [3.63, 3.8) is 0 Å². The van der Waals surface area contributed by atoms with Crippen LogP contribution in [0.2, 0.25) is 5.02 Å². The van der Waals surface area contributed by atoms with Crippen molar-refractivity contribution in [3.8, 4) is 0 Å². The van der Waals surface area contributed by atoms with Crippen LogP contribution in [-0.2, 0) is 4.79 Å². The van der Waals surface area contributed by atoms with Gasteiger partial charge in [-0.2, -0.15) is 0 Å². The molecule has 5 nitrogen and oxygen atoms in total. The Morgan fingerprint density at radius 3 is 2.77 bits per heavy atom. The van der Waals surface area contributed by atoms with Gasteiger partial charge in [-0.15, -0.1) is 0 Å². The number of benzene rings is 1. The van der Waals surface area contributed by atoms with Crippen molar-refractivity contribution in [1.29, 1.82) is 0 Å². The Bertz CT molecular complexity index is 575. The molecule has 0 aliphatic carbocycles. The Morgan fingerprint density at radius 1 is 1.45 bits per heavy atom. The van der Waals surface area contributed by atoms with Crippen molar-refractivity contribution in [3.05, 3.63) is 28.8 Å². The molecule has 120 valence electrons. The quantitative estimate of drug-likeness (QED) is 0.872. The van der Waals surface area contributed by atoms with Gasteiger partial charge in [-0.05, 0) is 30.5 Å². The molecule has 2 amide bonds. The van der Waals surface area contributed by atoms with Gasteiger partial charge in [0.25, 0.3) is 5.91 Å². The number of hydrogen-bond donors (Lipinski definition) is 2. The zero-order valence-corrected chi connectivity index (χ0v) is 13.6. The number of carbonyl (C=O) groups is 2. The number of rotatable bonds is 5. The van der Waals surface area contributed by atoms with Crippen molar-refractivity contribution in [2.75, 3.05) is 18.0 Å². The van der Waals surface area contributed by atoms with Crippen LogP contribution in [0.5, 0.6) is 0 Å². The molecule has 2 N–H and O–H groups in total. The highest BCUT2D eigenvalue weighted by atomic mass is 35.5. The third kappa shape index (κ3) is 3.78. The maximum absolute atomic E-state index is 12.2. The van der Waals surface area contributed by atoms with E-state index in [0.29, 0.717) is 29.2 Å². The van der Waals surface area contributed by atoms with Crippen molar-refractivity contribution in [1.82, 2.24) is 5.32 Å². The summed E-state index contributed by atoms with van der Waals surface area (Å²) >= 11 is 6.09. The molecule has 1 saturated heterocycles. The molecule has 1 aliphatic heterocycles. The van der Waals surface area contributed by atoms with Gasteiger partial charge in [0, 0.05) is 25.2 Å². The second-order valence-corrected chi connectivity index (χ2v) is 6.24. The van der Waals surface area contributed by atoms with Gasteiger partial charge in [-0.25, -0.2) is 0 Å². The van der Waals surface area contributed by atoms with E-state index in [2.05, 4.69) is 5.32 Å². The first-order chi connectivity index (χ1) is 10.4. The lowest BCUT2D eigenvalue weighted by Crippen LogP contribution is -2.35. The number of hydrogen-bond acceptors (Lipinski definition) is 3. The fourth-order valence-electron chi connectivity index (χ4n) is 2.30. The zero-order chi connectivity index (χ0) is 16.3. The molecule has 1 fully saturated rings. The smallest absolute Gasteiger partial charge is 0.252 e. The van der Waals surface area contributed by atoms with Crippen molar-refractivity contribution >= 4 is 29.1 Å². The van der Waals surface area contributed by atoms with Gasteiger partial charge < -0.3 is 15.3 Å². The van der Waals surface area contributed by atoms with E-state index in [1.165, 1.54) is 0 Å². The van der Waals surface area contributed by atoms with Gasteiger partial charge in [0.2, 0.25) is 5.91 Å². The summed E-state index contributed by atoms with van der Waals surface area (Å²) in [4.78, 5) is 25.7. The molecule has 22 heavy (non-hydrogen) atoms. The maximum atomic E-state index is 12.2. The molecule has 0 spiro atoms. The van der Waals surface area contributed by atoms with Gasteiger partial charge in [0.15, 0.2) is 0 Å². The monoisotopic (exact) mass is 324 g/mol. The van der Waals surface area contributed by atoms with Crippen LogP contribution >= 0.6 is 11.6 Å². The third-order valence-electron chi connectivity index (χ3n) is 3.82. The fraction of sp³-hybridized carbons (Fsp3) is 0.500. The molecule has 1 unspecified atom stereocenters. The lowest BCUT2D eigenvalue weighted by molar-refractivity contribution is -0.117. The number of amides is 2. The largest absolute Gasteiger partial charge is 0.391 e. The Hall–Kier alpha value is -1.59. The summed E-state index contributed by atoms with van der Waals surface area (Å²) in [5, 5.41) is 12.8. The summed E-state index contributed by atoms with van der Waals surface area (Å²) in [5.74, 6) is -0.230. The predicted molar refractivity (Wildman–Crippen MR) is 86.2 cm³/mol. The molecule has 0 aromatic heterocycles. The van der Waals surface area contributed by atoms with Crippen molar-refractivity contribution < 1.29 is 14.7 Å². The maximum Gasteiger partial charge on any atom is 0.252 e. The second-order valence-electron chi connectivity index (χ2n) is 5.83. The van der Waals surface area contributed by atoms with Gasteiger partial charge in [0.05, 0.1) is 16.7 Å². The van der Waals surface area contributed by atoms with E-state index in [0.717, 1.165) is 6.42 Å². The second kappa shape index (κ2) is 7.11. The van der Waals surface area contributed by atoms with Gasteiger partial charge in [-0.3, -0.25) is 9.59 Å². The Kier molecular flexibility index (Phi) is 5.42. The Morgan fingerprint density at radius 2 is 2.18 bits per heavy atom. The normalized spacial score (nSPS) is 16.2. The number of carbonyl (C=O) groups excluding carboxylic acids is 2. The minimum absolute atomic E-state index is 0.0592. The minimum atomic E-state index is -0.605. The summed E-state index contributed by atoms with van der Waals surface area (Å²) in [7, 11) is 0. The number of nitrogens with one attached hydrogen (secondary N) is 1. The molecular formula is C16H21ClN2O3. The summed E-state index contributed by atoms with van der Waals surface area (Å²) in [6.07, 6.45) is 0.750. The number of nitrogens with zero attached hydrogens (tertiary/aromatic N) is 1. The first-order valence-corrected chi connectivity index (χ1v) is 7.84. The first-order valence-electron chi connectivity index (χ1n) is 7.46. The van der Waals surface area contributed by atoms with E-state index in [1.54, 1.807) is 23.1 Å². The standard InChI is InChI=1S/C16H21ClN2O3/c1-10(2)14(20)9-18-16(22)12-8-11(5-6-13(12)17)19-7-3-4-15(19)21/h5-6,8,10,14,20H,3-4,7,9H2,1-2H3,(H,18,22). The first kappa shape index (κ1) is 16.8. The highest BCUT2D eigenvalue weighted by molar-refractivity contribution is 6.34. The molecule has 0 radical (unpaired) electrons. The van der Waals surface area contributed by atoms with Gasteiger partial charge >= 0.3 is 0 Å². The van der Waals surface area contributed by atoms with Crippen molar-refractivity contribution in [2.24, 2.45) is 5.92 Å². The summed E-state index contributed by atoms with van der Waals surface area (Å²) in [5.41, 5.74) is 0.997. The number of anilines is 1.